The Balaban J connectivity index is 1.90. The second-order valence-electron chi connectivity index (χ2n) is 7.24. The fourth-order valence-electron chi connectivity index (χ4n) is 3.99. The molecule has 0 atom stereocenters. The molecular formula is C23H24N+. The largest absolute Gasteiger partial charge is 0.212 e. The molecule has 1 aromatic heterocycles. The molecule has 1 heteroatoms. The third-order valence-electron chi connectivity index (χ3n) is 5.54. The summed E-state index contributed by atoms with van der Waals surface area (Å²) >= 11 is 0. The first kappa shape index (κ1) is 15.1. The summed E-state index contributed by atoms with van der Waals surface area (Å²) in [6.07, 6.45) is 3.29. The molecule has 0 radical (unpaired) electrons. The minimum Gasteiger partial charge on any atom is -0.201 e. The van der Waals surface area contributed by atoms with Gasteiger partial charge in [-0.3, -0.25) is 0 Å². The van der Waals surface area contributed by atoms with Crippen molar-refractivity contribution in [2.75, 3.05) is 0 Å². The molecule has 1 aliphatic rings. The number of pyridine rings is 1. The molecule has 0 saturated heterocycles. The highest BCUT2D eigenvalue weighted by Crippen LogP contribution is 2.41. The highest BCUT2D eigenvalue weighted by atomic mass is 14.9. The maximum Gasteiger partial charge on any atom is 0.212 e. The van der Waals surface area contributed by atoms with E-state index >= 15 is 0 Å². The standard InChI is InChI=1S/C23H24N/c1-14-6-7-20-18(10-14)12-22-17(4)19(8-9-21(20)22)23-11-15(2)16(3)13-24(23)5/h6-11,13H,12H2,1-5H3/q+1. The summed E-state index contributed by atoms with van der Waals surface area (Å²) in [6, 6.07) is 13.8. The molecule has 4 rings (SSSR count). The molecule has 1 heterocycles. The highest BCUT2D eigenvalue weighted by Gasteiger charge is 2.24. The molecule has 0 amide bonds. The number of nitrogens with zero attached hydrogens (tertiary/aromatic N) is 1. The number of benzene rings is 2. The van der Waals surface area contributed by atoms with Crippen LogP contribution in [0.2, 0.25) is 0 Å². The predicted molar refractivity (Wildman–Crippen MR) is 100 cm³/mol. The first-order valence-corrected chi connectivity index (χ1v) is 8.65. The van der Waals surface area contributed by atoms with Crippen molar-refractivity contribution in [1.82, 2.24) is 0 Å². The first-order valence-electron chi connectivity index (χ1n) is 8.65. The van der Waals surface area contributed by atoms with Gasteiger partial charge in [0.1, 0.15) is 7.05 Å². The summed E-state index contributed by atoms with van der Waals surface area (Å²) in [4.78, 5) is 0. The van der Waals surface area contributed by atoms with Gasteiger partial charge >= 0.3 is 0 Å². The fraction of sp³-hybridized carbons (Fsp3) is 0.261. The van der Waals surface area contributed by atoms with Crippen LogP contribution >= 0.6 is 0 Å². The van der Waals surface area contributed by atoms with E-state index in [1.165, 1.54) is 55.8 Å². The van der Waals surface area contributed by atoms with Crippen molar-refractivity contribution >= 4 is 0 Å². The SMILES string of the molecule is Cc1ccc2c(c1)Cc1c-2ccc(-c2cc(C)c(C)c[n+]2C)c1C. The van der Waals surface area contributed by atoms with Crippen molar-refractivity contribution < 1.29 is 4.57 Å². The third kappa shape index (κ3) is 2.19. The molecule has 0 unspecified atom stereocenters. The Kier molecular flexibility index (Phi) is 3.35. The van der Waals surface area contributed by atoms with Crippen LogP contribution in [-0.2, 0) is 13.5 Å². The summed E-state index contributed by atoms with van der Waals surface area (Å²) in [7, 11) is 2.15. The number of fused-ring (bicyclic) bond motifs is 3. The lowest BCUT2D eigenvalue weighted by Gasteiger charge is -2.11. The molecule has 0 fully saturated rings. The number of rotatable bonds is 1. The Hall–Kier alpha value is -2.41. The van der Waals surface area contributed by atoms with Crippen molar-refractivity contribution in [3.05, 3.63) is 76.0 Å². The van der Waals surface area contributed by atoms with Gasteiger partial charge in [0.15, 0.2) is 6.20 Å². The van der Waals surface area contributed by atoms with Gasteiger partial charge in [0.2, 0.25) is 5.69 Å². The van der Waals surface area contributed by atoms with Gasteiger partial charge in [0.05, 0.1) is 0 Å². The van der Waals surface area contributed by atoms with Crippen LogP contribution < -0.4 is 4.57 Å². The van der Waals surface area contributed by atoms with E-state index in [0.717, 1.165) is 6.42 Å². The van der Waals surface area contributed by atoms with Crippen LogP contribution in [0.4, 0.5) is 0 Å². The molecule has 1 aliphatic carbocycles. The minimum atomic E-state index is 1.06. The molecule has 120 valence electrons. The van der Waals surface area contributed by atoms with Crippen LogP contribution in [0.3, 0.4) is 0 Å². The monoisotopic (exact) mass is 314 g/mol. The molecule has 2 aromatic carbocycles. The van der Waals surface area contributed by atoms with Crippen LogP contribution in [0.15, 0.2) is 42.6 Å². The Labute approximate surface area is 144 Å². The van der Waals surface area contributed by atoms with Gasteiger partial charge in [-0.15, -0.1) is 0 Å². The van der Waals surface area contributed by atoms with Gasteiger partial charge in [-0.25, -0.2) is 4.57 Å². The summed E-state index contributed by atoms with van der Waals surface area (Å²) in [6.45, 7) is 8.83. The van der Waals surface area contributed by atoms with Crippen LogP contribution in [0, 0.1) is 27.7 Å². The van der Waals surface area contributed by atoms with E-state index in [2.05, 4.69) is 81.9 Å². The molecule has 1 nitrogen and oxygen atoms in total. The zero-order valence-corrected chi connectivity index (χ0v) is 15.2. The summed E-state index contributed by atoms with van der Waals surface area (Å²) < 4.78 is 2.25. The normalized spacial score (nSPS) is 12.2. The number of aryl methyl sites for hydroxylation is 4. The van der Waals surface area contributed by atoms with Gasteiger partial charge in [-0.1, -0.05) is 29.8 Å². The van der Waals surface area contributed by atoms with E-state index < -0.39 is 0 Å². The molecule has 0 bridgehead atoms. The smallest absolute Gasteiger partial charge is 0.201 e. The Morgan fingerprint density at radius 1 is 0.792 bits per heavy atom. The maximum atomic E-state index is 2.34. The van der Waals surface area contributed by atoms with E-state index in [0.29, 0.717) is 0 Å². The molecule has 0 spiro atoms. The number of hydrogen-bond donors (Lipinski definition) is 0. The van der Waals surface area contributed by atoms with Gasteiger partial charge in [0, 0.05) is 17.2 Å². The van der Waals surface area contributed by atoms with E-state index in [1.54, 1.807) is 0 Å². The predicted octanol–water partition coefficient (Wildman–Crippen LogP) is 4.98. The Morgan fingerprint density at radius 2 is 1.50 bits per heavy atom. The van der Waals surface area contributed by atoms with Crippen molar-refractivity contribution in [2.24, 2.45) is 7.05 Å². The lowest BCUT2D eigenvalue weighted by molar-refractivity contribution is -0.660. The minimum absolute atomic E-state index is 1.06. The van der Waals surface area contributed by atoms with E-state index in [4.69, 9.17) is 0 Å². The summed E-state index contributed by atoms with van der Waals surface area (Å²) in [5.74, 6) is 0. The second kappa shape index (κ2) is 5.31. The van der Waals surface area contributed by atoms with Crippen molar-refractivity contribution in [2.45, 2.75) is 34.1 Å². The third-order valence-corrected chi connectivity index (χ3v) is 5.54. The van der Waals surface area contributed by atoms with Crippen LogP contribution in [-0.4, -0.2) is 0 Å². The van der Waals surface area contributed by atoms with Gasteiger partial charge in [0.25, 0.3) is 0 Å². The van der Waals surface area contributed by atoms with E-state index in [-0.39, 0.29) is 0 Å². The summed E-state index contributed by atoms with van der Waals surface area (Å²) in [5.41, 5.74) is 13.9. The second-order valence-corrected chi connectivity index (χ2v) is 7.24. The molecule has 0 N–H and O–H groups in total. The van der Waals surface area contributed by atoms with Crippen LogP contribution in [0.5, 0.6) is 0 Å². The van der Waals surface area contributed by atoms with Crippen LogP contribution in [0.1, 0.15) is 33.4 Å². The zero-order valence-electron chi connectivity index (χ0n) is 15.2. The molecule has 3 aromatic rings. The highest BCUT2D eigenvalue weighted by molar-refractivity contribution is 5.82. The lowest BCUT2D eigenvalue weighted by Crippen LogP contribution is -2.31. The quantitative estimate of drug-likeness (QED) is 0.436. The Bertz CT molecular complexity index is 980. The van der Waals surface area contributed by atoms with Gasteiger partial charge < -0.3 is 0 Å². The first-order chi connectivity index (χ1) is 11.5. The van der Waals surface area contributed by atoms with Crippen molar-refractivity contribution in [1.29, 1.82) is 0 Å². The molecule has 0 saturated carbocycles. The number of hydrogen-bond acceptors (Lipinski definition) is 0. The molecule has 0 aliphatic heterocycles. The average Bonchev–Trinajstić information content (AvgIpc) is 2.90. The summed E-state index contributed by atoms with van der Waals surface area (Å²) in [5, 5.41) is 0. The lowest BCUT2D eigenvalue weighted by atomic mass is 9.94. The topological polar surface area (TPSA) is 3.88 Å². The maximum absolute atomic E-state index is 2.34. The fourth-order valence-corrected chi connectivity index (χ4v) is 3.99. The van der Waals surface area contributed by atoms with Gasteiger partial charge in [-0.2, -0.15) is 0 Å². The van der Waals surface area contributed by atoms with Crippen molar-refractivity contribution in [3.63, 3.8) is 0 Å². The average molecular weight is 314 g/mol. The Morgan fingerprint density at radius 3 is 2.29 bits per heavy atom. The van der Waals surface area contributed by atoms with E-state index in [9.17, 15) is 0 Å². The zero-order chi connectivity index (χ0) is 17.0. The molecular weight excluding hydrogens is 290 g/mol. The van der Waals surface area contributed by atoms with Gasteiger partial charge in [-0.05, 0) is 73.6 Å². The van der Waals surface area contributed by atoms with Crippen LogP contribution in [0.25, 0.3) is 22.4 Å². The number of aromatic nitrogens is 1. The van der Waals surface area contributed by atoms with Crippen molar-refractivity contribution in [3.8, 4) is 22.4 Å². The molecule has 24 heavy (non-hydrogen) atoms. The van der Waals surface area contributed by atoms with E-state index in [1.807, 2.05) is 0 Å².